The average molecular weight is 497 g/mol. The molecule has 1 atom stereocenters. The molecule has 4 amide bonds. The minimum absolute atomic E-state index is 0.00874. The van der Waals surface area contributed by atoms with Gasteiger partial charge in [0, 0.05) is 35.3 Å². The molecule has 1 aromatic heterocycles. The van der Waals surface area contributed by atoms with E-state index in [1.54, 1.807) is 24.3 Å². The van der Waals surface area contributed by atoms with Crippen molar-refractivity contribution in [3.05, 3.63) is 64.6 Å². The Morgan fingerprint density at radius 1 is 1.23 bits per heavy atom. The Bertz CT molecular complexity index is 1390. The number of nitrogens with zero attached hydrogens (tertiary/aromatic N) is 4. The van der Waals surface area contributed by atoms with Gasteiger partial charge in [-0.3, -0.25) is 24.5 Å². The van der Waals surface area contributed by atoms with Crippen LogP contribution in [-0.2, 0) is 27.5 Å². The van der Waals surface area contributed by atoms with E-state index in [1.807, 2.05) is 0 Å². The van der Waals surface area contributed by atoms with Gasteiger partial charge in [0.1, 0.15) is 24.1 Å². The summed E-state index contributed by atoms with van der Waals surface area (Å²) in [6, 6.07) is 8.43. The van der Waals surface area contributed by atoms with Crippen molar-refractivity contribution in [2.24, 2.45) is 0 Å². The number of piperidine rings is 1. The van der Waals surface area contributed by atoms with Crippen molar-refractivity contribution in [2.45, 2.75) is 32.0 Å². The lowest BCUT2D eigenvalue weighted by molar-refractivity contribution is -0.137. The summed E-state index contributed by atoms with van der Waals surface area (Å²) in [5.74, 6) is -2.20. The molecule has 0 bridgehead atoms. The van der Waals surface area contributed by atoms with Gasteiger partial charge in [0.25, 0.3) is 5.91 Å². The van der Waals surface area contributed by atoms with Gasteiger partial charge in [-0.15, -0.1) is 5.10 Å². The number of aromatic nitrogens is 3. The normalized spacial score (nSPS) is 17.4. The number of amides is 4. The third-order valence-electron chi connectivity index (χ3n) is 5.92. The van der Waals surface area contributed by atoms with E-state index in [4.69, 9.17) is 11.6 Å². The smallest absolute Gasteiger partial charge is 0.255 e. The van der Waals surface area contributed by atoms with Gasteiger partial charge in [0.2, 0.25) is 17.7 Å². The summed E-state index contributed by atoms with van der Waals surface area (Å²) in [5, 5.41) is 12.9. The molecule has 1 saturated heterocycles. The third kappa shape index (κ3) is 4.37. The van der Waals surface area contributed by atoms with Crippen LogP contribution < -0.4 is 10.6 Å². The van der Waals surface area contributed by atoms with Gasteiger partial charge < -0.3 is 10.2 Å². The molecule has 35 heavy (non-hydrogen) atoms. The molecule has 0 saturated carbocycles. The van der Waals surface area contributed by atoms with Crippen molar-refractivity contribution >= 4 is 40.9 Å². The Morgan fingerprint density at radius 3 is 2.83 bits per heavy atom. The second-order valence-electron chi connectivity index (χ2n) is 8.21. The van der Waals surface area contributed by atoms with Gasteiger partial charge in [0.05, 0.1) is 11.2 Å². The Labute approximate surface area is 203 Å². The highest BCUT2D eigenvalue weighted by Gasteiger charge is 2.39. The number of halogens is 2. The summed E-state index contributed by atoms with van der Waals surface area (Å²) in [6.07, 6.45) is 1.91. The highest BCUT2D eigenvalue weighted by Crippen LogP contribution is 2.32. The molecule has 10 nitrogen and oxygen atoms in total. The number of nitrogens with one attached hydrogen (secondary N) is 2. The lowest BCUT2D eigenvalue weighted by atomic mass is 10.0. The van der Waals surface area contributed by atoms with Gasteiger partial charge in [-0.1, -0.05) is 28.9 Å². The maximum atomic E-state index is 13.7. The van der Waals surface area contributed by atoms with E-state index in [0.717, 1.165) is 0 Å². The molecule has 178 valence electrons. The number of anilines is 1. The van der Waals surface area contributed by atoms with E-state index in [1.165, 1.54) is 27.9 Å². The molecule has 2 N–H and O–H groups in total. The number of benzene rings is 2. The topological polar surface area (TPSA) is 126 Å². The molecule has 5 rings (SSSR count). The zero-order chi connectivity index (χ0) is 24.7. The Balaban J connectivity index is 1.29. The first-order chi connectivity index (χ1) is 16.8. The molecule has 0 spiro atoms. The second kappa shape index (κ2) is 8.91. The fourth-order valence-electron chi connectivity index (χ4n) is 4.20. The quantitative estimate of drug-likeness (QED) is 0.521. The van der Waals surface area contributed by atoms with Gasteiger partial charge >= 0.3 is 0 Å². The van der Waals surface area contributed by atoms with Crippen molar-refractivity contribution in [2.75, 3.05) is 5.32 Å². The lowest BCUT2D eigenvalue weighted by Gasteiger charge is -2.29. The van der Waals surface area contributed by atoms with E-state index in [9.17, 15) is 23.6 Å². The predicted molar refractivity (Wildman–Crippen MR) is 122 cm³/mol. The van der Waals surface area contributed by atoms with Crippen molar-refractivity contribution < 1.29 is 23.6 Å². The molecule has 3 heterocycles. The van der Waals surface area contributed by atoms with Crippen molar-refractivity contribution in [3.63, 3.8) is 0 Å². The molecule has 0 aliphatic carbocycles. The summed E-state index contributed by atoms with van der Waals surface area (Å²) >= 11 is 5.71. The molecule has 0 radical (unpaired) electrons. The number of fused-ring (bicyclic) bond motifs is 1. The number of carbonyl (C=O) groups excluding carboxylic acids is 4. The SMILES string of the molecule is O=C1CCC(N2Cc3c(NC(=O)Cn4cc(-c5ccc(Cl)c(F)c5)nn4)cccc3C2=O)C(=O)N1. The van der Waals surface area contributed by atoms with Crippen LogP contribution in [0.2, 0.25) is 5.02 Å². The standard InChI is InChI=1S/C23H18ClFN6O4/c24-15-5-4-12(8-16(15)25)18-10-30(29-28-18)11-21(33)26-17-3-1-2-13-14(17)9-31(23(13)35)19-6-7-20(32)27-22(19)34/h1-5,8,10,19H,6-7,9,11H2,(H,26,33)(H,27,32,34). The summed E-state index contributed by atoms with van der Waals surface area (Å²) < 4.78 is 15.0. The number of rotatable bonds is 5. The van der Waals surface area contributed by atoms with Gasteiger partial charge in [-0.05, 0) is 30.7 Å². The van der Waals surface area contributed by atoms with E-state index in [2.05, 4.69) is 20.9 Å². The number of imide groups is 1. The monoisotopic (exact) mass is 496 g/mol. The van der Waals surface area contributed by atoms with Crippen LogP contribution in [0.4, 0.5) is 10.1 Å². The molecule has 3 aromatic rings. The Kier molecular flexibility index (Phi) is 5.77. The first kappa shape index (κ1) is 22.7. The van der Waals surface area contributed by atoms with E-state index in [-0.39, 0.29) is 42.8 Å². The maximum Gasteiger partial charge on any atom is 0.255 e. The minimum atomic E-state index is -0.748. The zero-order valence-electron chi connectivity index (χ0n) is 18.1. The molecular formula is C23H18ClFN6O4. The van der Waals surface area contributed by atoms with E-state index < -0.39 is 23.7 Å². The van der Waals surface area contributed by atoms with Crippen LogP contribution in [0.5, 0.6) is 0 Å². The Hall–Kier alpha value is -4.12. The summed E-state index contributed by atoms with van der Waals surface area (Å²) in [7, 11) is 0. The molecule has 2 aromatic carbocycles. The van der Waals surface area contributed by atoms with E-state index in [0.29, 0.717) is 28.1 Å². The molecule has 1 unspecified atom stereocenters. The van der Waals surface area contributed by atoms with Crippen molar-refractivity contribution in [1.29, 1.82) is 0 Å². The zero-order valence-corrected chi connectivity index (χ0v) is 18.9. The molecular weight excluding hydrogens is 479 g/mol. The highest BCUT2D eigenvalue weighted by molar-refractivity contribution is 6.30. The largest absolute Gasteiger partial charge is 0.324 e. The van der Waals surface area contributed by atoms with Crippen LogP contribution in [0.25, 0.3) is 11.3 Å². The number of hydrogen-bond donors (Lipinski definition) is 2. The number of carbonyl (C=O) groups is 4. The molecule has 2 aliphatic heterocycles. The van der Waals surface area contributed by atoms with Gasteiger partial charge in [0.15, 0.2) is 0 Å². The molecule has 1 fully saturated rings. The van der Waals surface area contributed by atoms with Crippen molar-refractivity contribution in [1.82, 2.24) is 25.2 Å². The predicted octanol–water partition coefficient (Wildman–Crippen LogP) is 2.14. The lowest BCUT2D eigenvalue weighted by Crippen LogP contribution is -2.52. The summed E-state index contributed by atoms with van der Waals surface area (Å²) in [5.41, 5.74) is 2.26. The fraction of sp³-hybridized carbons (Fsp3) is 0.217. The van der Waals surface area contributed by atoms with Gasteiger partial charge in [-0.2, -0.15) is 0 Å². The fourth-order valence-corrected chi connectivity index (χ4v) is 4.32. The average Bonchev–Trinajstić information content (AvgIpc) is 3.41. The van der Waals surface area contributed by atoms with Crippen LogP contribution in [0, 0.1) is 5.82 Å². The summed E-state index contributed by atoms with van der Waals surface area (Å²) in [4.78, 5) is 50.7. The maximum absolute atomic E-state index is 13.7. The minimum Gasteiger partial charge on any atom is -0.324 e. The summed E-state index contributed by atoms with van der Waals surface area (Å²) in [6.45, 7) is -0.0377. The first-order valence-corrected chi connectivity index (χ1v) is 11.1. The van der Waals surface area contributed by atoms with Crippen LogP contribution in [0.15, 0.2) is 42.6 Å². The number of hydrogen-bond acceptors (Lipinski definition) is 6. The van der Waals surface area contributed by atoms with Crippen LogP contribution in [-0.4, -0.2) is 49.6 Å². The molecule has 12 heteroatoms. The van der Waals surface area contributed by atoms with E-state index >= 15 is 0 Å². The first-order valence-electron chi connectivity index (χ1n) is 10.7. The second-order valence-corrected chi connectivity index (χ2v) is 8.62. The Morgan fingerprint density at radius 2 is 2.06 bits per heavy atom. The van der Waals surface area contributed by atoms with Crippen LogP contribution >= 0.6 is 11.6 Å². The third-order valence-corrected chi connectivity index (χ3v) is 6.22. The highest BCUT2D eigenvalue weighted by atomic mass is 35.5. The van der Waals surface area contributed by atoms with Crippen LogP contribution in [0.1, 0.15) is 28.8 Å². The molecule has 2 aliphatic rings. The van der Waals surface area contributed by atoms with Crippen molar-refractivity contribution in [3.8, 4) is 11.3 Å². The van der Waals surface area contributed by atoms with Gasteiger partial charge in [-0.25, -0.2) is 9.07 Å². The van der Waals surface area contributed by atoms with Crippen LogP contribution in [0.3, 0.4) is 0 Å².